The van der Waals surface area contributed by atoms with E-state index in [-0.39, 0.29) is 13.0 Å². The zero-order valence-electron chi connectivity index (χ0n) is 45.7. The van der Waals surface area contributed by atoms with Gasteiger partial charge in [0.2, 0.25) is 5.91 Å². The normalized spacial score (nSPS) is 19.7. The SMILES string of the molecule is CCCCCCCCCCCC/C=C/C(O)C(COC1OC(CO)C(O)C(O)C1OC(=O)CCCCCCCCCCCCCCC)NC(=O)C(O)CCCCCCCCCCCCCCCCCC. The highest BCUT2D eigenvalue weighted by molar-refractivity contribution is 5.80. The maximum atomic E-state index is 13.4. The number of rotatable bonds is 51. The number of hydrogen-bond donors (Lipinski definition) is 6. The van der Waals surface area contributed by atoms with Crippen molar-refractivity contribution in [3.05, 3.63) is 12.2 Å². The van der Waals surface area contributed by atoms with Crippen LogP contribution in [-0.2, 0) is 23.8 Å². The molecular weight excluding hydrogens is 883 g/mol. The summed E-state index contributed by atoms with van der Waals surface area (Å²) in [6.45, 7) is 5.80. The molecule has 0 aromatic heterocycles. The highest BCUT2D eigenvalue weighted by Crippen LogP contribution is 2.26. The van der Waals surface area contributed by atoms with Gasteiger partial charge in [0.05, 0.1) is 25.4 Å². The third-order valence-electron chi connectivity index (χ3n) is 14.4. The molecule has 8 atom stereocenters. The Morgan fingerprint density at radius 2 is 0.929 bits per heavy atom. The van der Waals surface area contributed by atoms with Gasteiger partial charge >= 0.3 is 5.97 Å². The van der Waals surface area contributed by atoms with E-state index in [1.807, 2.05) is 6.08 Å². The molecule has 0 saturated carbocycles. The first-order chi connectivity index (χ1) is 34.2. The van der Waals surface area contributed by atoms with Crippen LogP contribution in [0.25, 0.3) is 0 Å². The first-order valence-electron chi connectivity index (χ1n) is 30.0. The van der Waals surface area contributed by atoms with Crippen LogP contribution >= 0.6 is 0 Å². The third-order valence-corrected chi connectivity index (χ3v) is 14.4. The van der Waals surface area contributed by atoms with Crippen molar-refractivity contribution in [2.24, 2.45) is 0 Å². The highest BCUT2D eigenvalue weighted by atomic mass is 16.7. The summed E-state index contributed by atoms with van der Waals surface area (Å²) >= 11 is 0. The number of nitrogens with one attached hydrogen (secondary N) is 1. The molecule has 1 amide bonds. The van der Waals surface area contributed by atoms with Gasteiger partial charge in [-0.25, -0.2) is 0 Å². The molecule has 0 bridgehead atoms. The Kier molecular flexibility index (Phi) is 45.9. The largest absolute Gasteiger partial charge is 0.454 e. The van der Waals surface area contributed by atoms with Crippen LogP contribution in [0.4, 0.5) is 0 Å². The molecule has 1 saturated heterocycles. The predicted molar refractivity (Wildman–Crippen MR) is 288 cm³/mol. The van der Waals surface area contributed by atoms with Crippen molar-refractivity contribution in [3.63, 3.8) is 0 Å². The third kappa shape index (κ3) is 36.3. The number of esters is 1. The minimum absolute atomic E-state index is 0.131. The highest BCUT2D eigenvalue weighted by Gasteiger charge is 2.47. The van der Waals surface area contributed by atoms with Crippen molar-refractivity contribution in [1.29, 1.82) is 0 Å². The van der Waals surface area contributed by atoms with E-state index in [1.54, 1.807) is 6.08 Å². The van der Waals surface area contributed by atoms with E-state index in [2.05, 4.69) is 26.1 Å². The van der Waals surface area contributed by atoms with Crippen LogP contribution in [-0.4, -0.2) is 99.6 Å². The number of carbonyl (C=O) groups excluding carboxylic acids is 2. The van der Waals surface area contributed by atoms with Crippen molar-refractivity contribution in [1.82, 2.24) is 5.32 Å². The molecule has 1 fully saturated rings. The first-order valence-corrected chi connectivity index (χ1v) is 30.0. The predicted octanol–water partition coefficient (Wildman–Crippen LogP) is 13.6. The van der Waals surface area contributed by atoms with Crippen molar-refractivity contribution in [2.45, 2.75) is 339 Å². The minimum Gasteiger partial charge on any atom is -0.454 e. The summed E-state index contributed by atoms with van der Waals surface area (Å²) in [4.78, 5) is 26.5. The number of unbranched alkanes of at least 4 members (excludes halogenated alkanes) is 37. The summed E-state index contributed by atoms with van der Waals surface area (Å²) in [6.07, 6.45) is 42.5. The number of ether oxygens (including phenoxy) is 3. The molecule has 8 unspecified atom stereocenters. The average molecular weight is 997 g/mol. The van der Waals surface area contributed by atoms with E-state index in [4.69, 9.17) is 14.2 Å². The zero-order valence-corrected chi connectivity index (χ0v) is 45.7. The number of amides is 1. The molecule has 0 aromatic carbocycles. The second-order valence-electron chi connectivity index (χ2n) is 21.1. The minimum atomic E-state index is -1.60. The summed E-state index contributed by atoms with van der Waals surface area (Å²) < 4.78 is 17.6. The van der Waals surface area contributed by atoms with Crippen LogP contribution in [0.1, 0.15) is 290 Å². The molecule has 0 spiro atoms. The van der Waals surface area contributed by atoms with Crippen LogP contribution in [0.2, 0.25) is 0 Å². The van der Waals surface area contributed by atoms with Crippen LogP contribution < -0.4 is 5.32 Å². The van der Waals surface area contributed by atoms with Gasteiger partial charge in [0.1, 0.15) is 24.4 Å². The molecule has 1 aliphatic rings. The van der Waals surface area contributed by atoms with E-state index in [9.17, 15) is 35.1 Å². The molecule has 1 aliphatic heterocycles. The molecule has 70 heavy (non-hydrogen) atoms. The number of aliphatic hydroxyl groups excluding tert-OH is 5. The lowest BCUT2D eigenvalue weighted by molar-refractivity contribution is -0.305. The molecular formula is C59H113NO10. The summed E-state index contributed by atoms with van der Waals surface area (Å²) in [5.74, 6) is -1.18. The summed E-state index contributed by atoms with van der Waals surface area (Å²) in [5, 5.41) is 56.8. The van der Waals surface area contributed by atoms with Gasteiger partial charge in [0, 0.05) is 6.42 Å². The standard InChI is InChI=1S/C59H113NO10/c1-4-7-10-13-16-19-22-25-26-27-29-31-34-37-40-43-46-52(63)58(67)60-50(51(62)45-42-39-36-33-30-24-21-18-15-12-9-6-3)49-68-59-57(56(66)55(65)53(48-61)69-59)70-54(64)47-44-41-38-35-32-28-23-20-17-14-11-8-5-2/h42,45,50-53,55-57,59,61-63,65-66H,4-41,43-44,46-49H2,1-3H3,(H,60,67)/b45-42+. The van der Waals surface area contributed by atoms with E-state index >= 15 is 0 Å². The van der Waals surface area contributed by atoms with E-state index in [0.29, 0.717) is 19.3 Å². The number of allylic oxidation sites excluding steroid dienone is 1. The van der Waals surface area contributed by atoms with Gasteiger partial charge in [0.25, 0.3) is 0 Å². The molecule has 6 N–H and O–H groups in total. The van der Waals surface area contributed by atoms with Crippen LogP contribution in [0.15, 0.2) is 12.2 Å². The molecule has 0 aromatic rings. The quantitative estimate of drug-likeness (QED) is 0.0195. The Balaban J connectivity index is 2.70. The Bertz CT molecular complexity index is 1190. The smallest absolute Gasteiger partial charge is 0.306 e. The first kappa shape index (κ1) is 66.4. The topological polar surface area (TPSA) is 175 Å². The Hall–Kier alpha value is -1.60. The lowest BCUT2D eigenvalue weighted by atomic mass is 9.99. The summed E-state index contributed by atoms with van der Waals surface area (Å²) in [6, 6.07) is -1.01. The molecule has 1 heterocycles. The van der Waals surface area contributed by atoms with Gasteiger partial charge in [0.15, 0.2) is 12.4 Å². The number of aliphatic hydroxyl groups is 5. The van der Waals surface area contributed by atoms with Crippen molar-refractivity contribution < 1.29 is 49.3 Å². The molecule has 11 heteroatoms. The van der Waals surface area contributed by atoms with E-state index < -0.39 is 67.4 Å². The maximum Gasteiger partial charge on any atom is 0.306 e. The maximum absolute atomic E-state index is 13.4. The lowest BCUT2D eigenvalue weighted by Gasteiger charge is -2.41. The van der Waals surface area contributed by atoms with Crippen LogP contribution in [0.3, 0.4) is 0 Å². The number of carbonyl (C=O) groups is 2. The monoisotopic (exact) mass is 996 g/mol. The van der Waals surface area contributed by atoms with E-state index in [0.717, 1.165) is 57.8 Å². The molecule has 0 aliphatic carbocycles. The van der Waals surface area contributed by atoms with Gasteiger partial charge in [-0.05, 0) is 25.7 Å². The average Bonchev–Trinajstić information content (AvgIpc) is 3.36. The van der Waals surface area contributed by atoms with Crippen molar-refractivity contribution >= 4 is 11.9 Å². The Morgan fingerprint density at radius 3 is 1.34 bits per heavy atom. The fraction of sp³-hybridized carbons (Fsp3) is 0.932. The fourth-order valence-corrected chi connectivity index (χ4v) is 9.65. The summed E-state index contributed by atoms with van der Waals surface area (Å²) in [5.41, 5.74) is 0. The molecule has 11 nitrogen and oxygen atoms in total. The van der Waals surface area contributed by atoms with Gasteiger partial charge in [-0.15, -0.1) is 0 Å². The second-order valence-corrected chi connectivity index (χ2v) is 21.1. The van der Waals surface area contributed by atoms with Crippen molar-refractivity contribution in [2.75, 3.05) is 13.2 Å². The summed E-state index contributed by atoms with van der Waals surface area (Å²) in [7, 11) is 0. The van der Waals surface area contributed by atoms with Gasteiger partial charge in [-0.1, -0.05) is 270 Å². The lowest BCUT2D eigenvalue weighted by Crippen LogP contribution is -2.61. The second kappa shape index (κ2) is 48.3. The van der Waals surface area contributed by atoms with Crippen molar-refractivity contribution in [3.8, 4) is 0 Å². The van der Waals surface area contributed by atoms with E-state index in [1.165, 1.54) is 186 Å². The molecule has 0 radical (unpaired) electrons. The van der Waals surface area contributed by atoms with Gasteiger partial charge in [-0.2, -0.15) is 0 Å². The molecule has 1 rings (SSSR count). The Labute approximate surface area is 429 Å². The number of hydrogen-bond acceptors (Lipinski definition) is 10. The van der Waals surface area contributed by atoms with Gasteiger partial charge in [-0.3, -0.25) is 9.59 Å². The zero-order chi connectivity index (χ0) is 51.1. The van der Waals surface area contributed by atoms with Crippen LogP contribution in [0, 0.1) is 0 Å². The Morgan fingerprint density at radius 1 is 0.543 bits per heavy atom. The van der Waals surface area contributed by atoms with Gasteiger partial charge < -0.3 is 45.1 Å². The van der Waals surface area contributed by atoms with Crippen LogP contribution in [0.5, 0.6) is 0 Å². The molecule has 414 valence electrons. The fourth-order valence-electron chi connectivity index (χ4n) is 9.65.